The maximum atomic E-state index is 11.5. The molecular formula is C13H17N3O4. The molecule has 2 unspecified atom stereocenters. The van der Waals surface area contributed by atoms with E-state index in [2.05, 4.69) is 14.7 Å². The van der Waals surface area contributed by atoms with Crippen LogP contribution in [0.3, 0.4) is 0 Å². The number of aliphatic carboxylic acids is 1. The Kier molecular flexibility index (Phi) is 3.87. The summed E-state index contributed by atoms with van der Waals surface area (Å²) >= 11 is 0. The van der Waals surface area contributed by atoms with Crippen LogP contribution < -0.4 is 4.90 Å². The van der Waals surface area contributed by atoms with Crippen LogP contribution in [0.25, 0.3) is 0 Å². The predicted octanol–water partition coefficient (Wildman–Crippen LogP) is 0.871. The van der Waals surface area contributed by atoms with Gasteiger partial charge < -0.3 is 14.7 Å². The van der Waals surface area contributed by atoms with Crippen molar-refractivity contribution >= 4 is 17.8 Å². The Balaban J connectivity index is 2.32. The largest absolute Gasteiger partial charge is 0.481 e. The number of methoxy groups -OCH3 is 1. The summed E-state index contributed by atoms with van der Waals surface area (Å²) < 4.78 is 4.62. The van der Waals surface area contributed by atoms with Crippen molar-refractivity contribution in [3.8, 4) is 0 Å². The minimum Gasteiger partial charge on any atom is -0.481 e. The highest BCUT2D eigenvalue weighted by Gasteiger charge is 2.36. The van der Waals surface area contributed by atoms with Crippen LogP contribution in [0.2, 0.25) is 0 Å². The van der Waals surface area contributed by atoms with Crippen molar-refractivity contribution in [3.63, 3.8) is 0 Å². The Morgan fingerprint density at radius 2 is 2.15 bits per heavy atom. The summed E-state index contributed by atoms with van der Waals surface area (Å²) in [4.78, 5) is 32.8. The maximum Gasteiger partial charge on any atom is 0.376 e. The van der Waals surface area contributed by atoms with E-state index in [0.29, 0.717) is 24.5 Å². The Labute approximate surface area is 116 Å². The zero-order chi connectivity index (χ0) is 14.9. The van der Waals surface area contributed by atoms with Gasteiger partial charge in [0.2, 0.25) is 5.82 Å². The van der Waals surface area contributed by atoms with Crippen molar-refractivity contribution in [1.82, 2.24) is 9.97 Å². The zero-order valence-electron chi connectivity index (χ0n) is 11.7. The number of anilines is 1. The van der Waals surface area contributed by atoms with Crippen molar-refractivity contribution in [2.24, 2.45) is 5.92 Å². The van der Waals surface area contributed by atoms with Crippen molar-refractivity contribution < 1.29 is 19.4 Å². The first-order valence-electron chi connectivity index (χ1n) is 6.37. The number of nitrogens with zero attached hydrogens (tertiary/aromatic N) is 3. The first kappa shape index (κ1) is 14.2. The van der Waals surface area contributed by atoms with Crippen molar-refractivity contribution in [3.05, 3.63) is 17.6 Å². The minimum atomic E-state index is -0.807. The third-order valence-electron chi connectivity index (χ3n) is 3.58. The standard InChI is InChI=1S/C13H17N3O4/c1-7-6-10(15-11(14-7)13(19)20-3)16-5-4-9(8(16)2)12(17)18/h6,8-9H,4-5H2,1-3H3,(H,17,18). The molecule has 0 amide bonds. The average molecular weight is 279 g/mol. The number of hydrogen-bond acceptors (Lipinski definition) is 6. The highest BCUT2D eigenvalue weighted by molar-refractivity contribution is 5.85. The van der Waals surface area contributed by atoms with E-state index in [9.17, 15) is 9.59 Å². The lowest BCUT2D eigenvalue weighted by Gasteiger charge is -2.24. The number of carboxylic acids is 1. The van der Waals surface area contributed by atoms with Gasteiger partial charge in [0.25, 0.3) is 0 Å². The normalized spacial score (nSPS) is 21.9. The average Bonchev–Trinajstić information content (AvgIpc) is 2.79. The molecule has 108 valence electrons. The molecule has 1 saturated heterocycles. The molecule has 0 saturated carbocycles. The molecule has 0 spiro atoms. The van der Waals surface area contributed by atoms with Crippen LogP contribution in [0.15, 0.2) is 6.07 Å². The highest BCUT2D eigenvalue weighted by Crippen LogP contribution is 2.29. The molecule has 2 rings (SSSR count). The van der Waals surface area contributed by atoms with Crippen LogP contribution in [0.4, 0.5) is 5.82 Å². The lowest BCUT2D eigenvalue weighted by molar-refractivity contribution is -0.141. The van der Waals surface area contributed by atoms with E-state index < -0.39 is 17.9 Å². The minimum absolute atomic E-state index is 0.00604. The van der Waals surface area contributed by atoms with Gasteiger partial charge >= 0.3 is 11.9 Å². The molecule has 1 N–H and O–H groups in total. The Bertz CT molecular complexity index is 546. The van der Waals surface area contributed by atoms with E-state index in [1.54, 1.807) is 13.0 Å². The van der Waals surface area contributed by atoms with Gasteiger partial charge in [0.05, 0.1) is 13.0 Å². The molecule has 2 heterocycles. The summed E-state index contributed by atoms with van der Waals surface area (Å²) in [5.41, 5.74) is 0.640. The number of carbonyl (C=O) groups is 2. The summed E-state index contributed by atoms with van der Waals surface area (Å²) in [6, 6.07) is 1.57. The predicted molar refractivity (Wildman–Crippen MR) is 70.7 cm³/mol. The van der Waals surface area contributed by atoms with E-state index in [1.165, 1.54) is 7.11 Å². The first-order valence-corrected chi connectivity index (χ1v) is 6.37. The first-order chi connectivity index (χ1) is 9.43. The van der Waals surface area contributed by atoms with Crippen LogP contribution in [-0.4, -0.2) is 46.7 Å². The smallest absolute Gasteiger partial charge is 0.376 e. The van der Waals surface area contributed by atoms with Crippen LogP contribution in [0.5, 0.6) is 0 Å². The van der Waals surface area contributed by atoms with Gasteiger partial charge in [-0.1, -0.05) is 0 Å². The van der Waals surface area contributed by atoms with Crippen LogP contribution in [0.1, 0.15) is 29.7 Å². The fourth-order valence-corrected chi connectivity index (χ4v) is 2.47. The molecular weight excluding hydrogens is 262 g/mol. The van der Waals surface area contributed by atoms with Gasteiger partial charge in [0.15, 0.2) is 0 Å². The van der Waals surface area contributed by atoms with Crippen LogP contribution >= 0.6 is 0 Å². The Hall–Kier alpha value is -2.18. The van der Waals surface area contributed by atoms with E-state index >= 15 is 0 Å². The lowest BCUT2D eigenvalue weighted by atomic mass is 10.0. The number of esters is 1. The summed E-state index contributed by atoms with van der Waals surface area (Å²) in [7, 11) is 1.27. The third-order valence-corrected chi connectivity index (χ3v) is 3.58. The van der Waals surface area contributed by atoms with Gasteiger partial charge in [-0.2, -0.15) is 0 Å². The quantitative estimate of drug-likeness (QED) is 0.820. The van der Waals surface area contributed by atoms with E-state index in [0.717, 1.165) is 0 Å². The fourth-order valence-electron chi connectivity index (χ4n) is 2.47. The summed E-state index contributed by atoms with van der Waals surface area (Å²) in [5.74, 6) is -1.27. The van der Waals surface area contributed by atoms with Crippen molar-refractivity contribution in [2.45, 2.75) is 26.3 Å². The van der Waals surface area contributed by atoms with E-state index in [-0.39, 0.29) is 11.9 Å². The number of carboxylic acid groups (broad SMARTS) is 1. The SMILES string of the molecule is COC(=O)c1nc(C)cc(N2CCC(C(=O)O)C2C)n1. The Morgan fingerprint density at radius 1 is 1.45 bits per heavy atom. The van der Waals surface area contributed by atoms with Crippen molar-refractivity contribution in [1.29, 1.82) is 0 Å². The molecule has 1 aliphatic heterocycles. The molecule has 1 fully saturated rings. The molecule has 0 aliphatic carbocycles. The van der Waals surface area contributed by atoms with E-state index in [1.807, 2.05) is 11.8 Å². The molecule has 0 aromatic carbocycles. The monoisotopic (exact) mass is 279 g/mol. The molecule has 0 radical (unpaired) electrons. The molecule has 1 aliphatic rings. The second kappa shape index (κ2) is 5.44. The molecule has 0 bridgehead atoms. The fraction of sp³-hybridized carbons (Fsp3) is 0.538. The van der Waals surface area contributed by atoms with Gasteiger partial charge in [-0.3, -0.25) is 4.79 Å². The van der Waals surface area contributed by atoms with Gasteiger partial charge in [-0.15, -0.1) is 0 Å². The number of aryl methyl sites for hydroxylation is 1. The maximum absolute atomic E-state index is 11.5. The second-order valence-electron chi connectivity index (χ2n) is 4.85. The molecule has 1 aromatic rings. The molecule has 2 atom stereocenters. The number of hydrogen-bond donors (Lipinski definition) is 1. The molecule has 7 nitrogen and oxygen atoms in total. The molecule has 20 heavy (non-hydrogen) atoms. The second-order valence-corrected chi connectivity index (χ2v) is 4.85. The number of rotatable bonds is 3. The van der Waals surface area contributed by atoms with Crippen LogP contribution in [0, 0.1) is 12.8 Å². The zero-order valence-corrected chi connectivity index (χ0v) is 11.7. The van der Waals surface area contributed by atoms with Crippen molar-refractivity contribution in [2.75, 3.05) is 18.6 Å². The Morgan fingerprint density at radius 3 is 2.70 bits per heavy atom. The topological polar surface area (TPSA) is 92.6 Å². The number of carbonyl (C=O) groups excluding carboxylic acids is 1. The van der Waals surface area contributed by atoms with E-state index in [4.69, 9.17) is 5.11 Å². The molecule has 1 aromatic heterocycles. The third kappa shape index (κ3) is 2.56. The highest BCUT2D eigenvalue weighted by atomic mass is 16.5. The number of ether oxygens (including phenoxy) is 1. The number of aromatic nitrogens is 2. The summed E-state index contributed by atoms with van der Waals surface area (Å²) in [6.07, 6.45) is 0.563. The summed E-state index contributed by atoms with van der Waals surface area (Å²) in [5, 5.41) is 9.15. The molecule has 7 heteroatoms. The van der Waals surface area contributed by atoms with Gasteiger partial charge in [-0.25, -0.2) is 14.8 Å². The van der Waals surface area contributed by atoms with Gasteiger partial charge in [0.1, 0.15) is 5.82 Å². The lowest BCUT2D eigenvalue weighted by Crippen LogP contribution is -2.34. The van der Waals surface area contributed by atoms with Crippen LogP contribution in [-0.2, 0) is 9.53 Å². The summed E-state index contributed by atoms with van der Waals surface area (Å²) in [6.45, 7) is 4.20. The van der Waals surface area contributed by atoms with Gasteiger partial charge in [-0.05, 0) is 20.3 Å². The van der Waals surface area contributed by atoms with Gasteiger partial charge in [0, 0.05) is 24.3 Å².